The summed E-state index contributed by atoms with van der Waals surface area (Å²) in [4.78, 5) is 27.9. The van der Waals surface area contributed by atoms with Crippen LogP contribution in [-0.2, 0) is 22.4 Å². The predicted molar refractivity (Wildman–Crippen MR) is 124 cm³/mol. The molecule has 30 heavy (non-hydrogen) atoms. The lowest BCUT2D eigenvalue weighted by atomic mass is 10.1. The maximum absolute atomic E-state index is 13.3. The summed E-state index contributed by atoms with van der Waals surface area (Å²) < 4.78 is 0. The van der Waals surface area contributed by atoms with Gasteiger partial charge >= 0.3 is 0 Å². The zero-order chi connectivity index (χ0) is 22.1. The van der Waals surface area contributed by atoms with Gasteiger partial charge in [0.05, 0.1) is 6.42 Å². The fourth-order valence-corrected chi connectivity index (χ4v) is 3.82. The van der Waals surface area contributed by atoms with Crippen molar-refractivity contribution in [3.63, 3.8) is 0 Å². The number of rotatable bonds is 10. The first-order valence-electron chi connectivity index (χ1n) is 10.4. The molecule has 1 N–H and O–H groups in total. The number of halogens is 2. The summed E-state index contributed by atoms with van der Waals surface area (Å²) in [5.74, 6) is -0.286. The Hall–Kier alpha value is -2.04. The Bertz CT molecular complexity index is 822. The van der Waals surface area contributed by atoms with Gasteiger partial charge < -0.3 is 10.2 Å². The molecule has 0 heterocycles. The van der Waals surface area contributed by atoms with Crippen LogP contribution < -0.4 is 5.32 Å². The van der Waals surface area contributed by atoms with Crippen LogP contribution in [0.25, 0.3) is 0 Å². The van der Waals surface area contributed by atoms with Gasteiger partial charge in [-0.15, -0.1) is 0 Å². The molecule has 0 unspecified atom stereocenters. The van der Waals surface area contributed by atoms with Gasteiger partial charge in [-0.25, -0.2) is 0 Å². The van der Waals surface area contributed by atoms with E-state index in [1.165, 1.54) is 0 Å². The zero-order valence-corrected chi connectivity index (χ0v) is 19.3. The highest BCUT2D eigenvalue weighted by Crippen LogP contribution is 2.25. The number of carbonyl (C=O) groups excluding carboxylic acids is 2. The van der Waals surface area contributed by atoms with Gasteiger partial charge in [0.15, 0.2) is 0 Å². The largest absolute Gasteiger partial charge is 0.352 e. The lowest BCUT2D eigenvalue weighted by Gasteiger charge is -2.31. The lowest BCUT2D eigenvalue weighted by molar-refractivity contribution is -0.140. The Kier molecular flexibility index (Phi) is 9.67. The van der Waals surface area contributed by atoms with E-state index in [0.717, 1.165) is 12.0 Å². The smallest absolute Gasteiger partial charge is 0.243 e. The molecule has 0 aromatic heterocycles. The average molecular weight is 449 g/mol. The molecule has 6 heteroatoms. The molecule has 0 radical (unpaired) electrons. The topological polar surface area (TPSA) is 49.4 Å². The molecule has 162 valence electrons. The van der Waals surface area contributed by atoms with Crippen LogP contribution in [0.2, 0.25) is 10.0 Å². The Morgan fingerprint density at radius 2 is 1.60 bits per heavy atom. The normalized spacial score (nSPS) is 12.8. The molecule has 2 aromatic carbocycles. The van der Waals surface area contributed by atoms with E-state index in [-0.39, 0.29) is 24.3 Å². The summed E-state index contributed by atoms with van der Waals surface area (Å²) in [6.45, 7) is 6.34. The van der Waals surface area contributed by atoms with Crippen LogP contribution in [0, 0.1) is 0 Å². The van der Waals surface area contributed by atoms with Crippen LogP contribution in [0.5, 0.6) is 0 Å². The SMILES string of the molecule is CC[C@H](C)NC(=O)[C@H](CC)N(CCc1ccccc1)C(=O)Cc1c(Cl)cccc1Cl. The van der Waals surface area contributed by atoms with Crippen LogP contribution >= 0.6 is 23.2 Å². The van der Waals surface area contributed by atoms with Crippen LogP contribution in [0.15, 0.2) is 48.5 Å². The van der Waals surface area contributed by atoms with E-state index in [2.05, 4.69) is 5.32 Å². The number of nitrogens with one attached hydrogen (secondary N) is 1. The van der Waals surface area contributed by atoms with E-state index in [9.17, 15) is 9.59 Å². The summed E-state index contributed by atoms with van der Waals surface area (Å²) in [6, 6.07) is 14.6. The monoisotopic (exact) mass is 448 g/mol. The van der Waals surface area contributed by atoms with Crippen molar-refractivity contribution in [1.29, 1.82) is 0 Å². The third-order valence-electron chi connectivity index (χ3n) is 5.26. The molecule has 0 aliphatic carbocycles. The highest BCUT2D eigenvalue weighted by Gasteiger charge is 2.29. The van der Waals surface area contributed by atoms with Crippen molar-refractivity contribution in [2.45, 2.75) is 58.5 Å². The zero-order valence-electron chi connectivity index (χ0n) is 17.8. The van der Waals surface area contributed by atoms with Gasteiger partial charge in [0.2, 0.25) is 11.8 Å². The molecule has 2 rings (SSSR count). The van der Waals surface area contributed by atoms with Crippen molar-refractivity contribution >= 4 is 35.0 Å². The fraction of sp³-hybridized carbons (Fsp3) is 0.417. The van der Waals surface area contributed by atoms with E-state index in [0.29, 0.717) is 35.0 Å². The first-order valence-corrected chi connectivity index (χ1v) is 11.2. The Morgan fingerprint density at radius 3 is 2.17 bits per heavy atom. The first-order chi connectivity index (χ1) is 14.4. The van der Waals surface area contributed by atoms with Gasteiger partial charge in [-0.1, -0.05) is 73.4 Å². The quantitative estimate of drug-likeness (QED) is 0.535. The van der Waals surface area contributed by atoms with Crippen LogP contribution in [0.4, 0.5) is 0 Å². The summed E-state index contributed by atoms with van der Waals surface area (Å²) in [5.41, 5.74) is 1.70. The predicted octanol–water partition coefficient (Wildman–Crippen LogP) is 5.30. The molecule has 2 atom stereocenters. The average Bonchev–Trinajstić information content (AvgIpc) is 2.74. The molecule has 0 aliphatic rings. The maximum atomic E-state index is 13.3. The number of hydrogen-bond donors (Lipinski definition) is 1. The van der Waals surface area contributed by atoms with Gasteiger partial charge in [0.1, 0.15) is 6.04 Å². The number of amides is 2. The fourth-order valence-electron chi connectivity index (χ4n) is 3.29. The lowest BCUT2D eigenvalue weighted by Crippen LogP contribution is -2.52. The number of hydrogen-bond acceptors (Lipinski definition) is 2. The maximum Gasteiger partial charge on any atom is 0.243 e. The summed E-state index contributed by atoms with van der Waals surface area (Å²) in [5, 5.41) is 3.92. The van der Waals surface area contributed by atoms with Gasteiger partial charge in [-0.05, 0) is 49.4 Å². The minimum absolute atomic E-state index is 0.0515. The molecule has 0 spiro atoms. The summed E-state index contributed by atoms with van der Waals surface area (Å²) in [7, 11) is 0. The van der Waals surface area contributed by atoms with Gasteiger partial charge in [0.25, 0.3) is 0 Å². The van der Waals surface area contributed by atoms with Crippen molar-refractivity contribution < 1.29 is 9.59 Å². The highest BCUT2D eigenvalue weighted by atomic mass is 35.5. The standard InChI is InChI=1S/C24H30Cl2N2O2/c1-4-17(3)27-24(30)22(5-2)28(15-14-18-10-7-6-8-11-18)23(29)16-19-20(25)12-9-13-21(19)26/h6-13,17,22H,4-5,14-16H2,1-3H3,(H,27,30)/t17-,22-/m0/s1. The third-order valence-corrected chi connectivity index (χ3v) is 5.97. The van der Waals surface area contributed by atoms with Crippen molar-refractivity contribution in [2.75, 3.05) is 6.54 Å². The third kappa shape index (κ3) is 6.75. The van der Waals surface area contributed by atoms with E-state index < -0.39 is 6.04 Å². The second-order valence-electron chi connectivity index (χ2n) is 7.44. The van der Waals surface area contributed by atoms with Crippen LogP contribution in [0.1, 0.15) is 44.7 Å². The second-order valence-corrected chi connectivity index (χ2v) is 8.26. The molecule has 0 saturated heterocycles. The number of nitrogens with zero attached hydrogens (tertiary/aromatic N) is 1. The Morgan fingerprint density at radius 1 is 0.967 bits per heavy atom. The molecular formula is C24H30Cl2N2O2. The van der Waals surface area contributed by atoms with Crippen molar-refractivity contribution in [3.05, 3.63) is 69.7 Å². The van der Waals surface area contributed by atoms with E-state index >= 15 is 0 Å². The van der Waals surface area contributed by atoms with E-state index in [1.54, 1.807) is 23.1 Å². The van der Waals surface area contributed by atoms with Crippen molar-refractivity contribution in [2.24, 2.45) is 0 Å². The Balaban J connectivity index is 2.26. The number of carbonyl (C=O) groups is 2. The molecule has 2 aromatic rings. The number of benzene rings is 2. The minimum Gasteiger partial charge on any atom is -0.352 e. The van der Waals surface area contributed by atoms with Gasteiger partial charge in [-0.2, -0.15) is 0 Å². The van der Waals surface area contributed by atoms with Crippen molar-refractivity contribution in [3.8, 4) is 0 Å². The Labute approximate surface area is 189 Å². The molecule has 0 saturated carbocycles. The van der Waals surface area contributed by atoms with E-state index in [4.69, 9.17) is 23.2 Å². The second kappa shape index (κ2) is 12.0. The molecule has 0 fully saturated rings. The van der Waals surface area contributed by atoms with Gasteiger partial charge in [-0.3, -0.25) is 9.59 Å². The highest BCUT2D eigenvalue weighted by molar-refractivity contribution is 6.36. The first kappa shape index (κ1) is 24.2. The molecule has 4 nitrogen and oxygen atoms in total. The van der Waals surface area contributed by atoms with E-state index in [1.807, 2.05) is 51.1 Å². The minimum atomic E-state index is -0.545. The molecular weight excluding hydrogens is 419 g/mol. The van der Waals surface area contributed by atoms with Gasteiger partial charge in [0, 0.05) is 22.6 Å². The molecule has 2 amide bonds. The summed E-state index contributed by atoms with van der Waals surface area (Å²) in [6.07, 6.45) is 2.07. The molecule has 0 aliphatic heterocycles. The van der Waals surface area contributed by atoms with Crippen LogP contribution in [0.3, 0.4) is 0 Å². The summed E-state index contributed by atoms with van der Waals surface area (Å²) >= 11 is 12.6. The van der Waals surface area contributed by atoms with Crippen molar-refractivity contribution in [1.82, 2.24) is 10.2 Å². The van der Waals surface area contributed by atoms with Crippen LogP contribution in [-0.4, -0.2) is 35.3 Å². The molecule has 0 bridgehead atoms.